The molecule has 0 atom stereocenters. The Kier molecular flexibility index (Phi) is 18.6. The van der Waals surface area contributed by atoms with Gasteiger partial charge in [-0.1, -0.05) is 97.0 Å². The third kappa shape index (κ3) is 19.2. The van der Waals surface area contributed by atoms with Crippen LogP contribution in [0.15, 0.2) is 12.2 Å². The molecular formula is C21H40O2. The molecule has 0 aliphatic heterocycles. The van der Waals surface area contributed by atoms with E-state index in [1.54, 1.807) is 6.08 Å². The van der Waals surface area contributed by atoms with Crippen LogP contribution in [0.25, 0.3) is 0 Å². The number of hydrogen-bond donors (Lipinski definition) is 0. The topological polar surface area (TPSA) is 26.3 Å². The van der Waals surface area contributed by atoms with Crippen LogP contribution in [0, 0.1) is 0 Å². The second-order valence-electron chi connectivity index (χ2n) is 6.60. The first-order valence-corrected chi connectivity index (χ1v) is 10.1. The first kappa shape index (κ1) is 22.2. The van der Waals surface area contributed by atoms with Gasteiger partial charge in [-0.25, -0.2) is 4.79 Å². The molecule has 23 heavy (non-hydrogen) atoms. The molecule has 0 aliphatic carbocycles. The van der Waals surface area contributed by atoms with Crippen LogP contribution in [0.2, 0.25) is 0 Å². The number of ether oxygens (including phenoxy) is 1. The molecule has 0 fully saturated rings. The van der Waals surface area contributed by atoms with E-state index < -0.39 is 0 Å². The first-order chi connectivity index (χ1) is 11.3. The van der Waals surface area contributed by atoms with Crippen LogP contribution in [-0.2, 0) is 9.53 Å². The van der Waals surface area contributed by atoms with E-state index in [9.17, 15) is 4.79 Å². The maximum absolute atomic E-state index is 11.5. The fourth-order valence-electron chi connectivity index (χ4n) is 2.68. The van der Waals surface area contributed by atoms with Gasteiger partial charge in [0.1, 0.15) is 0 Å². The third-order valence-electron chi connectivity index (χ3n) is 4.22. The van der Waals surface area contributed by atoms with Crippen molar-refractivity contribution < 1.29 is 9.53 Å². The van der Waals surface area contributed by atoms with Crippen LogP contribution in [0.1, 0.15) is 110 Å². The molecule has 0 heterocycles. The molecular weight excluding hydrogens is 284 g/mol. The zero-order chi connectivity index (χ0) is 17.0. The lowest BCUT2D eigenvalue weighted by atomic mass is 10.1. The highest BCUT2D eigenvalue weighted by molar-refractivity contribution is 5.81. The minimum Gasteiger partial charge on any atom is -0.463 e. The summed E-state index contributed by atoms with van der Waals surface area (Å²) in [6.07, 6.45) is 22.5. The maximum atomic E-state index is 11.5. The lowest BCUT2D eigenvalue weighted by Gasteiger charge is -2.03. The largest absolute Gasteiger partial charge is 0.463 e. The minimum atomic E-state index is -0.168. The van der Waals surface area contributed by atoms with Gasteiger partial charge in [0.15, 0.2) is 0 Å². The van der Waals surface area contributed by atoms with E-state index >= 15 is 0 Å². The predicted molar refractivity (Wildman–Crippen MR) is 101 cm³/mol. The van der Waals surface area contributed by atoms with E-state index in [1.807, 2.05) is 6.08 Å². The molecule has 0 saturated heterocycles. The van der Waals surface area contributed by atoms with Gasteiger partial charge in [-0.2, -0.15) is 0 Å². The molecule has 0 aromatic heterocycles. The van der Waals surface area contributed by atoms with Crippen molar-refractivity contribution in [3.05, 3.63) is 12.2 Å². The van der Waals surface area contributed by atoms with Gasteiger partial charge in [0.2, 0.25) is 0 Å². The van der Waals surface area contributed by atoms with Gasteiger partial charge in [-0.3, -0.25) is 0 Å². The predicted octanol–water partition coefficient (Wildman–Crippen LogP) is 6.98. The smallest absolute Gasteiger partial charge is 0.330 e. The van der Waals surface area contributed by atoms with Crippen molar-refractivity contribution in [2.75, 3.05) is 6.61 Å². The number of hydrogen-bond acceptors (Lipinski definition) is 2. The second kappa shape index (κ2) is 19.3. The second-order valence-corrected chi connectivity index (χ2v) is 6.60. The SMILES string of the molecule is CCCCCCCCC=CC(=O)OCCCCCCCCCC. The van der Waals surface area contributed by atoms with Crippen molar-refractivity contribution in [3.63, 3.8) is 0 Å². The summed E-state index contributed by atoms with van der Waals surface area (Å²) in [4.78, 5) is 11.5. The van der Waals surface area contributed by atoms with Gasteiger partial charge < -0.3 is 4.74 Å². The van der Waals surface area contributed by atoms with Gasteiger partial charge >= 0.3 is 5.97 Å². The van der Waals surface area contributed by atoms with Crippen LogP contribution < -0.4 is 0 Å². The summed E-state index contributed by atoms with van der Waals surface area (Å²) >= 11 is 0. The molecule has 0 radical (unpaired) electrons. The van der Waals surface area contributed by atoms with Crippen molar-refractivity contribution in [1.29, 1.82) is 0 Å². The molecule has 2 nitrogen and oxygen atoms in total. The highest BCUT2D eigenvalue weighted by Gasteiger charge is 1.97. The molecule has 0 saturated carbocycles. The molecule has 0 spiro atoms. The van der Waals surface area contributed by atoms with Crippen LogP contribution in [0.3, 0.4) is 0 Å². The van der Waals surface area contributed by atoms with Crippen molar-refractivity contribution >= 4 is 5.97 Å². The van der Waals surface area contributed by atoms with Crippen molar-refractivity contribution in [3.8, 4) is 0 Å². The molecule has 0 aromatic carbocycles. The van der Waals surface area contributed by atoms with Crippen LogP contribution in [-0.4, -0.2) is 12.6 Å². The lowest BCUT2D eigenvalue weighted by Crippen LogP contribution is -2.02. The summed E-state index contributed by atoms with van der Waals surface area (Å²) in [6, 6.07) is 0. The molecule has 0 bridgehead atoms. The van der Waals surface area contributed by atoms with Crippen LogP contribution >= 0.6 is 0 Å². The summed E-state index contributed by atoms with van der Waals surface area (Å²) in [6.45, 7) is 5.06. The van der Waals surface area contributed by atoms with Crippen LogP contribution in [0.4, 0.5) is 0 Å². The molecule has 0 aliphatic rings. The Morgan fingerprint density at radius 3 is 1.74 bits per heavy atom. The fourth-order valence-corrected chi connectivity index (χ4v) is 2.68. The Labute approximate surface area is 145 Å². The van der Waals surface area contributed by atoms with E-state index in [0.717, 1.165) is 12.8 Å². The Morgan fingerprint density at radius 2 is 1.17 bits per heavy atom. The quantitative estimate of drug-likeness (QED) is 0.164. The monoisotopic (exact) mass is 324 g/mol. The summed E-state index contributed by atoms with van der Waals surface area (Å²) < 4.78 is 5.22. The number of carbonyl (C=O) groups excluding carboxylic acids is 1. The summed E-state index contributed by atoms with van der Waals surface area (Å²) in [5.41, 5.74) is 0. The third-order valence-corrected chi connectivity index (χ3v) is 4.22. The Morgan fingerprint density at radius 1 is 0.696 bits per heavy atom. The normalized spacial score (nSPS) is 11.2. The Balaban J connectivity index is 3.25. The van der Waals surface area contributed by atoms with Gasteiger partial charge in [-0.15, -0.1) is 0 Å². The van der Waals surface area contributed by atoms with Gasteiger partial charge in [-0.05, 0) is 19.3 Å². The van der Waals surface area contributed by atoms with Crippen molar-refractivity contribution in [2.24, 2.45) is 0 Å². The Hall–Kier alpha value is -0.790. The molecule has 0 rings (SSSR count). The molecule has 0 amide bonds. The van der Waals surface area contributed by atoms with E-state index in [0.29, 0.717) is 6.61 Å². The van der Waals surface area contributed by atoms with E-state index in [4.69, 9.17) is 4.74 Å². The maximum Gasteiger partial charge on any atom is 0.330 e. The van der Waals surface area contributed by atoms with Crippen molar-refractivity contribution in [2.45, 2.75) is 110 Å². The number of allylic oxidation sites excluding steroid dienone is 1. The van der Waals surface area contributed by atoms with E-state index in [1.165, 1.54) is 83.5 Å². The summed E-state index contributed by atoms with van der Waals surface area (Å²) in [5, 5.41) is 0. The average Bonchev–Trinajstić information content (AvgIpc) is 2.56. The minimum absolute atomic E-state index is 0.168. The number of rotatable bonds is 17. The van der Waals surface area contributed by atoms with Gasteiger partial charge in [0.25, 0.3) is 0 Å². The molecule has 0 aromatic rings. The Bertz CT molecular complexity index is 271. The standard InChI is InChI=1S/C21H40O2/c1-3-5-7-9-11-13-15-17-19-21(22)23-20-18-16-14-12-10-8-6-4-2/h17,19H,3-16,18,20H2,1-2H3. The first-order valence-electron chi connectivity index (χ1n) is 10.1. The van der Waals surface area contributed by atoms with Gasteiger partial charge in [0, 0.05) is 6.08 Å². The van der Waals surface area contributed by atoms with Gasteiger partial charge in [0.05, 0.1) is 6.61 Å². The highest BCUT2D eigenvalue weighted by atomic mass is 16.5. The zero-order valence-electron chi connectivity index (χ0n) is 15.8. The molecule has 136 valence electrons. The number of carbonyl (C=O) groups is 1. The number of esters is 1. The summed E-state index contributed by atoms with van der Waals surface area (Å²) in [5.74, 6) is -0.168. The molecule has 0 unspecified atom stereocenters. The lowest BCUT2D eigenvalue weighted by molar-refractivity contribution is -0.137. The average molecular weight is 325 g/mol. The fraction of sp³-hybridized carbons (Fsp3) is 0.857. The zero-order valence-corrected chi connectivity index (χ0v) is 15.8. The highest BCUT2D eigenvalue weighted by Crippen LogP contribution is 2.09. The molecule has 0 N–H and O–H groups in total. The van der Waals surface area contributed by atoms with Crippen LogP contribution in [0.5, 0.6) is 0 Å². The van der Waals surface area contributed by atoms with E-state index in [2.05, 4.69) is 13.8 Å². The van der Waals surface area contributed by atoms with E-state index in [-0.39, 0.29) is 5.97 Å². The number of unbranched alkanes of at least 4 members (excludes halogenated alkanes) is 13. The summed E-state index contributed by atoms with van der Waals surface area (Å²) in [7, 11) is 0. The van der Waals surface area contributed by atoms with Crippen molar-refractivity contribution in [1.82, 2.24) is 0 Å². The molecule has 2 heteroatoms.